The minimum absolute atomic E-state index is 0.164. The molecule has 6 nitrogen and oxygen atoms in total. The first-order valence-corrected chi connectivity index (χ1v) is 5.08. The van der Waals surface area contributed by atoms with E-state index in [1.54, 1.807) is 7.11 Å². The summed E-state index contributed by atoms with van der Waals surface area (Å²) in [7, 11) is 1.65. The van der Waals surface area contributed by atoms with Crippen molar-refractivity contribution >= 4 is 5.96 Å². The van der Waals surface area contributed by atoms with E-state index < -0.39 is 0 Å². The van der Waals surface area contributed by atoms with Gasteiger partial charge in [0.15, 0.2) is 0 Å². The second-order valence-corrected chi connectivity index (χ2v) is 3.07. The largest absolute Gasteiger partial charge is 0.383 e. The van der Waals surface area contributed by atoms with Crippen LogP contribution in [0.5, 0.6) is 0 Å². The summed E-state index contributed by atoms with van der Waals surface area (Å²) >= 11 is 0. The monoisotopic (exact) mass is 218 g/mol. The standard InChI is InChI=1S/C9H22N4O2/c1-4-15-6-5-11-9(13-10)12-8(2)7-14-3/h8H,4-7,10H2,1-3H3,(H2,11,12,13). The molecule has 0 aromatic carbocycles. The number of rotatable bonds is 7. The lowest BCUT2D eigenvalue weighted by atomic mass is 10.4. The smallest absolute Gasteiger partial charge is 0.206 e. The van der Waals surface area contributed by atoms with Crippen LogP contribution in [0.2, 0.25) is 0 Å². The van der Waals surface area contributed by atoms with Crippen LogP contribution in [-0.2, 0) is 9.47 Å². The normalized spacial score (nSPS) is 13.7. The summed E-state index contributed by atoms with van der Waals surface area (Å²) in [4.78, 5) is 4.19. The van der Waals surface area contributed by atoms with E-state index in [0.717, 1.165) is 0 Å². The molecule has 0 aliphatic rings. The molecule has 0 aliphatic carbocycles. The quantitative estimate of drug-likeness (QED) is 0.176. The number of hydrogen-bond donors (Lipinski definition) is 3. The maximum atomic E-state index is 5.31. The van der Waals surface area contributed by atoms with Crippen molar-refractivity contribution in [3.63, 3.8) is 0 Å². The van der Waals surface area contributed by atoms with Gasteiger partial charge in [-0.05, 0) is 13.8 Å². The van der Waals surface area contributed by atoms with Gasteiger partial charge in [0.2, 0.25) is 5.96 Å². The van der Waals surface area contributed by atoms with Crippen LogP contribution in [0.15, 0.2) is 4.99 Å². The first-order chi connectivity index (χ1) is 7.24. The van der Waals surface area contributed by atoms with E-state index in [-0.39, 0.29) is 6.04 Å². The number of nitrogens with two attached hydrogens (primary N) is 1. The first kappa shape index (κ1) is 14.2. The van der Waals surface area contributed by atoms with Gasteiger partial charge in [-0.2, -0.15) is 0 Å². The van der Waals surface area contributed by atoms with Gasteiger partial charge in [-0.25, -0.2) is 10.8 Å². The number of nitrogens with one attached hydrogen (secondary N) is 2. The van der Waals surface area contributed by atoms with Crippen LogP contribution in [0.3, 0.4) is 0 Å². The Bertz CT molecular complexity index is 175. The number of hydrazine groups is 1. The molecule has 0 aliphatic heterocycles. The average molecular weight is 218 g/mol. The number of hydrogen-bond acceptors (Lipinski definition) is 4. The van der Waals surface area contributed by atoms with Crippen LogP contribution in [0.4, 0.5) is 0 Å². The lowest BCUT2D eigenvalue weighted by Crippen LogP contribution is -2.47. The van der Waals surface area contributed by atoms with Crippen molar-refractivity contribution in [1.29, 1.82) is 0 Å². The number of nitrogens with zero attached hydrogens (tertiary/aromatic N) is 1. The van der Waals surface area contributed by atoms with E-state index in [4.69, 9.17) is 15.3 Å². The van der Waals surface area contributed by atoms with Gasteiger partial charge >= 0.3 is 0 Å². The van der Waals surface area contributed by atoms with Gasteiger partial charge in [0.25, 0.3) is 0 Å². The van der Waals surface area contributed by atoms with Crippen LogP contribution in [0.25, 0.3) is 0 Å². The third-order valence-corrected chi connectivity index (χ3v) is 1.65. The van der Waals surface area contributed by atoms with Crippen LogP contribution in [0.1, 0.15) is 13.8 Å². The highest BCUT2D eigenvalue weighted by atomic mass is 16.5. The molecular weight excluding hydrogens is 196 g/mol. The van der Waals surface area contributed by atoms with Gasteiger partial charge in [-0.1, -0.05) is 0 Å². The van der Waals surface area contributed by atoms with Crippen molar-refractivity contribution in [2.45, 2.75) is 19.9 Å². The zero-order valence-electron chi connectivity index (χ0n) is 9.75. The SMILES string of the molecule is CCOCCN=C(NN)NC(C)COC. The molecule has 0 aromatic rings. The second kappa shape index (κ2) is 9.70. The summed E-state index contributed by atoms with van der Waals surface area (Å²) in [6.07, 6.45) is 0. The molecule has 90 valence electrons. The van der Waals surface area contributed by atoms with Gasteiger partial charge in [-0.3, -0.25) is 5.43 Å². The number of guanidine groups is 1. The Labute approximate surface area is 91.2 Å². The predicted molar refractivity (Wildman–Crippen MR) is 60.6 cm³/mol. The van der Waals surface area contributed by atoms with E-state index in [2.05, 4.69) is 15.7 Å². The number of ether oxygens (including phenoxy) is 2. The summed E-state index contributed by atoms with van der Waals surface area (Å²) in [6.45, 7) is 6.42. The van der Waals surface area contributed by atoms with Crippen molar-refractivity contribution in [3.05, 3.63) is 0 Å². The van der Waals surface area contributed by atoms with Crippen molar-refractivity contribution in [2.24, 2.45) is 10.8 Å². The van der Waals surface area contributed by atoms with E-state index in [1.165, 1.54) is 0 Å². The molecule has 15 heavy (non-hydrogen) atoms. The van der Waals surface area contributed by atoms with E-state index >= 15 is 0 Å². The third-order valence-electron chi connectivity index (χ3n) is 1.65. The molecule has 0 spiro atoms. The Morgan fingerprint density at radius 2 is 2.27 bits per heavy atom. The summed E-state index contributed by atoms with van der Waals surface area (Å²) < 4.78 is 10.1. The summed E-state index contributed by atoms with van der Waals surface area (Å²) in [5.74, 6) is 5.86. The molecular formula is C9H22N4O2. The minimum Gasteiger partial charge on any atom is -0.383 e. The predicted octanol–water partition coefficient (Wildman–Crippen LogP) is -0.533. The molecule has 0 fully saturated rings. The minimum atomic E-state index is 0.164. The molecule has 0 rings (SSSR count). The summed E-state index contributed by atoms with van der Waals surface area (Å²) in [6, 6.07) is 0.164. The topological polar surface area (TPSA) is 80.9 Å². The van der Waals surface area contributed by atoms with Crippen LogP contribution < -0.4 is 16.6 Å². The Morgan fingerprint density at radius 1 is 1.53 bits per heavy atom. The average Bonchev–Trinajstić information content (AvgIpc) is 2.23. The Hall–Kier alpha value is -0.850. The maximum absolute atomic E-state index is 5.31. The molecule has 0 heterocycles. The zero-order valence-corrected chi connectivity index (χ0v) is 9.75. The second-order valence-electron chi connectivity index (χ2n) is 3.07. The van der Waals surface area contributed by atoms with Crippen molar-refractivity contribution in [2.75, 3.05) is 33.5 Å². The zero-order chi connectivity index (χ0) is 11.5. The molecule has 1 atom stereocenters. The van der Waals surface area contributed by atoms with Crippen LogP contribution >= 0.6 is 0 Å². The fourth-order valence-corrected chi connectivity index (χ4v) is 1.02. The maximum Gasteiger partial charge on any atom is 0.206 e. The molecule has 0 bridgehead atoms. The Morgan fingerprint density at radius 3 is 2.80 bits per heavy atom. The molecule has 4 N–H and O–H groups in total. The lowest BCUT2D eigenvalue weighted by Gasteiger charge is -2.15. The molecule has 0 aromatic heterocycles. The Kier molecular flexibility index (Phi) is 9.15. The highest BCUT2D eigenvalue weighted by Gasteiger charge is 2.02. The molecule has 0 amide bonds. The van der Waals surface area contributed by atoms with Crippen molar-refractivity contribution in [1.82, 2.24) is 10.7 Å². The fraction of sp³-hybridized carbons (Fsp3) is 0.889. The van der Waals surface area contributed by atoms with Crippen molar-refractivity contribution in [3.8, 4) is 0 Å². The van der Waals surface area contributed by atoms with Crippen LogP contribution in [-0.4, -0.2) is 45.5 Å². The van der Waals surface area contributed by atoms with E-state index in [0.29, 0.717) is 32.3 Å². The van der Waals surface area contributed by atoms with Gasteiger partial charge in [0, 0.05) is 19.8 Å². The number of aliphatic imine (C=N–C) groups is 1. The van der Waals surface area contributed by atoms with Gasteiger partial charge < -0.3 is 14.8 Å². The van der Waals surface area contributed by atoms with E-state index in [1.807, 2.05) is 13.8 Å². The summed E-state index contributed by atoms with van der Waals surface area (Å²) in [5, 5.41) is 3.08. The molecule has 0 saturated heterocycles. The first-order valence-electron chi connectivity index (χ1n) is 5.08. The highest BCUT2D eigenvalue weighted by molar-refractivity contribution is 5.79. The highest BCUT2D eigenvalue weighted by Crippen LogP contribution is 1.83. The number of methoxy groups -OCH3 is 1. The van der Waals surface area contributed by atoms with Crippen molar-refractivity contribution < 1.29 is 9.47 Å². The van der Waals surface area contributed by atoms with E-state index in [9.17, 15) is 0 Å². The van der Waals surface area contributed by atoms with Gasteiger partial charge in [0.05, 0.1) is 19.8 Å². The molecule has 6 heteroatoms. The summed E-state index contributed by atoms with van der Waals surface area (Å²) in [5.41, 5.74) is 2.50. The lowest BCUT2D eigenvalue weighted by molar-refractivity contribution is 0.155. The molecule has 1 unspecified atom stereocenters. The van der Waals surface area contributed by atoms with Gasteiger partial charge in [0.1, 0.15) is 0 Å². The Balaban J connectivity index is 3.78. The molecule has 0 radical (unpaired) electrons. The molecule has 0 saturated carbocycles. The third kappa shape index (κ3) is 8.17. The fourth-order valence-electron chi connectivity index (χ4n) is 1.02. The van der Waals surface area contributed by atoms with Crippen LogP contribution in [0, 0.1) is 0 Å². The van der Waals surface area contributed by atoms with Gasteiger partial charge in [-0.15, -0.1) is 0 Å².